The van der Waals surface area contributed by atoms with Crippen molar-refractivity contribution in [1.29, 1.82) is 0 Å². The predicted molar refractivity (Wildman–Crippen MR) is 71.8 cm³/mol. The van der Waals surface area contributed by atoms with Gasteiger partial charge in [-0.2, -0.15) is 0 Å². The van der Waals surface area contributed by atoms with Crippen molar-refractivity contribution in [2.24, 2.45) is 5.73 Å². The molecule has 1 atom stereocenters. The standard InChI is InChI=1S/C12H13BrN2S/c13-11-4-2-1-3-10(11)9(8-14)7-12-15-5-6-16-12/h1-6,9H,7-8,14H2. The molecule has 16 heavy (non-hydrogen) atoms. The highest BCUT2D eigenvalue weighted by molar-refractivity contribution is 9.10. The van der Waals surface area contributed by atoms with E-state index in [0.717, 1.165) is 15.9 Å². The monoisotopic (exact) mass is 296 g/mol. The average molecular weight is 297 g/mol. The van der Waals surface area contributed by atoms with E-state index in [1.165, 1.54) is 5.56 Å². The second-order valence-electron chi connectivity index (χ2n) is 3.58. The summed E-state index contributed by atoms with van der Waals surface area (Å²) >= 11 is 5.25. The fourth-order valence-corrected chi connectivity index (χ4v) is 3.00. The van der Waals surface area contributed by atoms with E-state index in [9.17, 15) is 0 Å². The molecule has 1 aromatic carbocycles. The van der Waals surface area contributed by atoms with Crippen LogP contribution in [-0.2, 0) is 6.42 Å². The summed E-state index contributed by atoms with van der Waals surface area (Å²) in [7, 11) is 0. The molecule has 2 rings (SSSR count). The lowest BCUT2D eigenvalue weighted by molar-refractivity contribution is 0.688. The minimum absolute atomic E-state index is 0.335. The molecule has 0 amide bonds. The Kier molecular flexibility index (Phi) is 4.09. The Morgan fingerprint density at radius 2 is 2.19 bits per heavy atom. The van der Waals surface area contributed by atoms with Crippen LogP contribution >= 0.6 is 27.3 Å². The number of aromatic nitrogens is 1. The quantitative estimate of drug-likeness (QED) is 0.941. The molecule has 0 fully saturated rings. The molecule has 0 saturated heterocycles. The highest BCUT2D eigenvalue weighted by atomic mass is 79.9. The first-order valence-corrected chi connectivity index (χ1v) is 6.81. The normalized spacial score (nSPS) is 12.6. The maximum atomic E-state index is 5.85. The van der Waals surface area contributed by atoms with Gasteiger partial charge in [0.1, 0.15) is 0 Å². The summed E-state index contributed by atoms with van der Waals surface area (Å²) in [6, 6.07) is 8.24. The second kappa shape index (κ2) is 5.57. The molecule has 0 spiro atoms. The lowest BCUT2D eigenvalue weighted by atomic mass is 9.96. The Morgan fingerprint density at radius 1 is 1.38 bits per heavy atom. The van der Waals surface area contributed by atoms with Crippen molar-refractivity contribution in [3.8, 4) is 0 Å². The Bertz CT molecular complexity index is 442. The van der Waals surface area contributed by atoms with Crippen LogP contribution in [-0.4, -0.2) is 11.5 Å². The summed E-state index contributed by atoms with van der Waals surface area (Å²) in [6.07, 6.45) is 2.75. The first-order valence-electron chi connectivity index (χ1n) is 5.14. The Balaban J connectivity index is 2.20. The molecule has 1 unspecified atom stereocenters. The van der Waals surface area contributed by atoms with Gasteiger partial charge in [0.25, 0.3) is 0 Å². The SMILES string of the molecule is NCC(Cc1nccs1)c1ccccc1Br. The molecule has 84 valence electrons. The van der Waals surface area contributed by atoms with Crippen LogP contribution in [0.5, 0.6) is 0 Å². The fraction of sp³-hybridized carbons (Fsp3) is 0.250. The summed E-state index contributed by atoms with van der Waals surface area (Å²) in [6.45, 7) is 0.641. The highest BCUT2D eigenvalue weighted by Crippen LogP contribution is 2.27. The van der Waals surface area contributed by atoms with Crippen LogP contribution in [0.2, 0.25) is 0 Å². The van der Waals surface area contributed by atoms with E-state index in [0.29, 0.717) is 12.5 Å². The van der Waals surface area contributed by atoms with Gasteiger partial charge in [-0.3, -0.25) is 0 Å². The second-order valence-corrected chi connectivity index (χ2v) is 5.42. The zero-order chi connectivity index (χ0) is 11.4. The van der Waals surface area contributed by atoms with Crippen molar-refractivity contribution < 1.29 is 0 Å². The van der Waals surface area contributed by atoms with Gasteiger partial charge in [0.05, 0.1) is 5.01 Å². The molecule has 0 aliphatic rings. The first-order chi connectivity index (χ1) is 7.81. The van der Waals surface area contributed by atoms with E-state index in [2.05, 4.69) is 33.0 Å². The number of rotatable bonds is 4. The zero-order valence-corrected chi connectivity index (χ0v) is 11.2. The van der Waals surface area contributed by atoms with Gasteiger partial charge >= 0.3 is 0 Å². The van der Waals surface area contributed by atoms with Gasteiger partial charge < -0.3 is 5.73 Å². The largest absolute Gasteiger partial charge is 0.330 e. The third-order valence-electron chi connectivity index (χ3n) is 2.53. The first kappa shape index (κ1) is 11.8. The molecule has 0 aliphatic carbocycles. The number of hydrogen-bond acceptors (Lipinski definition) is 3. The van der Waals surface area contributed by atoms with Crippen LogP contribution in [0, 0.1) is 0 Å². The van der Waals surface area contributed by atoms with Crippen LogP contribution < -0.4 is 5.73 Å². The summed E-state index contributed by atoms with van der Waals surface area (Å²) in [5.41, 5.74) is 7.11. The average Bonchev–Trinajstić information content (AvgIpc) is 2.80. The van der Waals surface area contributed by atoms with Gasteiger partial charge in [0.15, 0.2) is 0 Å². The van der Waals surface area contributed by atoms with E-state index < -0.39 is 0 Å². The van der Waals surface area contributed by atoms with Crippen LogP contribution in [0.4, 0.5) is 0 Å². The molecular weight excluding hydrogens is 284 g/mol. The molecule has 2 nitrogen and oxygen atoms in total. The Labute approximate surface area is 108 Å². The van der Waals surface area contributed by atoms with Crippen molar-refractivity contribution in [1.82, 2.24) is 4.98 Å². The number of halogens is 1. The predicted octanol–water partition coefficient (Wildman–Crippen LogP) is 3.19. The van der Waals surface area contributed by atoms with Crippen molar-refractivity contribution >= 4 is 27.3 Å². The molecule has 1 aromatic heterocycles. The third-order valence-corrected chi connectivity index (χ3v) is 4.06. The van der Waals surface area contributed by atoms with E-state index in [4.69, 9.17) is 5.73 Å². The Morgan fingerprint density at radius 3 is 2.81 bits per heavy atom. The summed E-state index contributed by atoms with van der Waals surface area (Å²) in [5, 5.41) is 3.15. The minimum atomic E-state index is 0.335. The highest BCUT2D eigenvalue weighted by Gasteiger charge is 2.14. The maximum Gasteiger partial charge on any atom is 0.0931 e. The van der Waals surface area contributed by atoms with Gasteiger partial charge in [0, 0.05) is 28.4 Å². The molecule has 0 saturated carbocycles. The molecule has 0 radical (unpaired) electrons. The van der Waals surface area contributed by atoms with Crippen LogP contribution in [0.25, 0.3) is 0 Å². The third kappa shape index (κ3) is 2.70. The maximum absolute atomic E-state index is 5.85. The number of thiazole rings is 1. The Hall–Kier alpha value is -0.710. The number of nitrogens with zero attached hydrogens (tertiary/aromatic N) is 1. The zero-order valence-electron chi connectivity index (χ0n) is 8.77. The van der Waals surface area contributed by atoms with Crippen molar-refractivity contribution in [3.63, 3.8) is 0 Å². The summed E-state index contributed by atoms with van der Waals surface area (Å²) in [5.74, 6) is 0.335. The van der Waals surface area contributed by atoms with Gasteiger partial charge in [-0.15, -0.1) is 11.3 Å². The van der Waals surface area contributed by atoms with E-state index >= 15 is 0 Å². The molecular formula is C12H13BrN2S. The van der Waals surface area contributed by atoms with Crippen molar-refractivity contribution in [2.45, 2.75) is 12.3 Å². The van der Waals surface area contributed by atoms with Gasteiger partial charge in [0.2, 0.25) is 0 Å². The molecule has 0 aliphatic heterocycles. The summed E-state index contributed by atoms with van der Waals surface area (Å²) < 4.78 is 1.13. The molecule has 2 N–H and O–H groups in total. The molecule has 0 bridgehead atoms. The number of benzene rings is 1. The van der Waals surface area contributed by atoms with Crippen molar-refractivity contribution in [3.05, 3.63) is 50.9 Å². The van der Waals surface area contributed by atoms with Crippen LogP contribution in [0.15, 0.2) is 40.3 Å². The summed E-state index contributed by atoms with van der Waals surface area (Å²) in [4.78, 5) is 4.31. The van der Waals surface area contributed by atoms with Gasteiger partial charge in [-0.25, -0.2) is 4.98 Å². The molecule has 1 heterocycles. The fourth-order valence-electron chi connectivity index (χ4n) is 1.69. The molecule has 2 aromatic rings. The smallest absolute Gasteiger partial charge is 0.0931 e. The minimum Gasteiger partial charge on any atom is -0.330 e. The molecule has 4 heteroatoms. The van der Waals surface area contributed by atoms with Crippen molar-refractivity contribution in [2.75, 3.05) is 6.54 Å². The lowest BCUT2D eigenvalue weighted by Crippen LogP contribution is -2.15. The lowest BCUT2D eigenvalue weighted by Gasteiger charge is -2.15. The number of hydrogen-bond donors (Lipinski definition) is 1. The van der Waals surface area contributed by atoms with E-state index in [-0.39, 0.29) is 0 Å². The van der Waals surface area contributed by atoms with Gasteiger partial charge in [-0.05, 0) is 18.2 Å². The van der Waals surface area contributed by atoms with E-state index in [1.54, 1.807) is 11.3 Å². The number of nitrogens with two attached hydrogens (primary N) is 1. The van der Waals surface area contributed by atoms with Crippen LogP contribution in [0.1, 0.15) is 16.5 Å². The topological polar surface area (TPSA) is 38.9 Å². The van der Waals surface area contributed by atoms with Crippen LogP contribution in [0.3, 0.4) is 0 Å². The van der Waals surface area contributed by atoms with E-state index in [1.807, 2.05) is 23.7 Å². The van der Waals surface area contributed by atoms with Gasteiger partial charge in [-0.1, -0.05) is 34.1 Å².